The Morgan fingerprint density at radius 2 is 2.05 bits per heavy atom. The lowest BCUT2D eigenvalue weighted by molar-refractivity contribution is 0.0977. The average Bonchev–Trinajstić information content (AvgIpc) is 2.68. The molecule has 0 aliphatic rings. The van der Waals surface area contributed by atoms with Crippen molar-refractivity contribution in [1.29, 1.82) is 0 Å². The minimum atomic E-state index is 0.172. The summed E-state index contributed by atoms with van der Waals surface area (Å²) in [4.78, 5) is 15.5. The van der Waals surface area contributed by atoms with Gasteiger partial charge in [-0.2, -0.15) is 0 Å². The zero-order valence-electron chi connectivity index (χ0n) is 12.1. The van der Waals surface area contributed by atoms with E-state index in [2.05, 4.69) is 18.8 Å². The number of nitrogen functional groups attached to an aromatic ring is 1. The topological polar surface area (TPSA) is 58.9 Å². The van der Waals surface area contributed by atoms with Crippen LogP contribution in [0.15, 0.2) is 12.1 Å². The van der Waals surface area contributed by atoms with E-state index in [9.17, 15) is 4.79 Å². The molecule has 0 amide bonds. The molecule has 0 fully saturated rings. The van der Waals surface area contributed by atoms with E-state index in [1.807, 2.05) is 26.0 Å². The molecule has 0 saturated heterocycles. The normalized spacial score (nSPS) is 11.4. The molecule has 0 radical (unpaired) electrons. The molecule has 3 N–H and O–H groups in total. The van der Waals surface area contributed by atoms with Gasteiger partial charge in [0.2, 0.25) is 0 Å². The number of hydrogen-bond acceptors (Lipinski definition) is 2. The summed E-state index contributed by atoms with van der Waals surface area (Å²) in [5, 5.41) is 1.01. The van der Waals surface area contributed by atoms with E-state index in [0.717, 1.165) is 34.3 Å². The summed E-state index contributed by atoms with van der Waals surface area (Å²) in [6.07, 6.45) is 1.44. The number of H-pyrrole nitrogens is 1. The number of hydrogen-bond donors (Lipinski definition) is 2. The number of aromatic nitrogens is 1. The second-order valence-corrected chi connectivity index (χ2v) is 5.45. The zero-order chi connectivity index (χ0) is 14.2. The Labute approximate surface area is 114 Å². The largest absolute Gasteiger partial charge is 0.398 e. The molecular formula is C16H22N2O. The maximum atomic E-state index is 12.2. The fraction of sp³-hybridized carbons (Fsp3) is 0.438. The number of anilines is 1. The van der Waals surface area contributed by atoms with Crippen LogP contribution in [0.2, 0.25) is 0 Å². The molecule has 102 valence electrons. The Balaban J connectivity index is 2.71. The Hall–Kier alpha value is -1.77. The van der Waals surface area contributed by atoms with Gasteiger partial charge in [-0.1, -0.05) is 26.8 Å². The fourth-order valence-electron chi connectivity index (χ4n) is 2.63. The molecule has 2 rings (SSSR count). The molecule has 0 unspecified atom stereocenters. The van der Waals surface area contributed by atoms with Crippen LogP contribution < -0.4 is 5.73 Å². The first-order chi connectivity index (χ1) is 8.97. The van der Waals surface area contributed by atoms with E-state index >= 15 is 0 Å². The lowest BCUT2D eigenvalue weighted by atomic mass is 9.98. The minimum Gasteiger partial charge on any atom is -0.398 e. The highest BCUT2D eigenvalue weighted by Crippen LogP contribution is 2.33. The van der Waals surface area contributed by atoms with Crippen LogP contribution in [0.3, 0.4) is 0 Å². The molecule has 0 bridgehead atoms. The van der Waals surface area contributed by atoms with Crippen LogP contribution >= 0.6 is 0 Å². The van der Waals surface area contributed by atoms with Crippen LogP contribution in [0, 0.1) is 6.92 Å². The second-order valence-electron chi connectivity index (χ2n) is 5.45. The van der Waals surface area contributed by atoms with E-state index in [1.165, 1.54) is 5.56 Å². The van der Waals surface area contributed by atoms with Crippen molar-refractivity contribution in [3.05, 3.63) is 29.0 Å². The summed E-state index contributed by atoms with van der Waals surface area (Å²) in [7, 11) is 0. The number of aryl methyl sites for hydroxylation is 1. The van der Waals surface area contributed by atoms with Crippen LogP contribution in [0.4, 0.5) is 5.69 Å². The number of nitrogens with one attached hydrogen (secondary N) is 1. The highest BCUT2D eigenvalue weighted by molar-refractivity contribution is 6.06. The van der Waals surface area contributed by atoms with Crippen LogP contribution in [0.25, 0.3) is 10.9 Å². The Bertz CT molecular complexity index is 623. The van der Waals surface area contributed by atoms with Gasteiger partial charge in [-0.15, -0.1) is 0 Å². The molecule has 1 aromatic heterocycles. The number of ketones is 1. The zero-order valence-corrected chi connectivity index (χ0v) is 12.1. The maximum absolute atomic E-state index is 12.2. The number of carbonyl (C=O) groups excluding carboxylic acids is 1. The Morgan fingerprint density at radius 1 is 1.37 bits per heavy atom. The third-order valence-electron chi connectivity index (χ3n) is 3.65. The molecule has 2 aromatic rings. The van der Waals surface area contributed by atoms with E-state index in [1.54, 1.807) is 0 Å². The average molecular weight is 258 g/mol. The number of fused-ring (bicyclic) bond motifs is 1. The lowest BCUT2D eigenvalue weighted by Gasteiger charge is -2.08. The molecule has 0 aliphatic carbocycles. The molecule has 0 aliphatic heterocycles. The molecule has 3 heteroatoms. The summed E-state index contributed by atoms with van der Waals surface area (Å²) in [5.41, 5.74) is 10.8. The van der Waals surface area contributed by atoms with Crippen molar-refractivity contribution in [2.45, 2.75) is 46.5 Å². The van der Waals surface area contributed by atoms with E-state index in [4.69, 9.17) is 5.73 Å². The van der Waals surface area contributed by atoms with Gasteiger partial charge in [0, 0.05) is 17.5 Å². The van der Waals surface area contributed by atoms with Crippen molar-refractivity contribution in [3.8, 4) is 0 Å². The monoisotopic (exact) mass is 258 g/mol. The predicted molar refractivity (Wildman–Crippen MR) is 80.8 cm³/mol. The number of benzene rings is 1. The summed E-state index contributed by atoms with van der Waals surface area (Å²) in [6.45, 7) is 8.29. The number of carbonyl (C=O) groups is 1. The van der Waals surface area contributed by atoms with Gasteiger partial charge in [0.1, 0.15) is 0 Å². The van der Waals surface area contributed by atoms with Crippen molar-refractivity contribution in [3.63, 3.8) is 0 Å². The van der Waals surface area contributed by atoms with Crippen molar-refractivity contribution < 1.29 is 4.79 Å². The van der Waals surface area contributed by atoms with E-state index < -0.39 is 0 Å². The van der Waals surface area contributed by atoms with Crippen molar-refractivity contribution in [2.24, 2.45) is 0 Å². The highest BCUT2D eigenvalue weighted by atomic mass is 16.1. The van der Waals surface area contributed by atoms with Gasteiger partial charge in [-0.05, 0) is 36.5 Å². The molecule has 3 nitrogen and oxygen atoms in total. The standard InChI is InChI=1S/C16H22N2O/c1-5-6-13(19)15-10(4)14-12(17)8-7-11(9(2)3)16(14)18-15/h7-9,18H,5-6,17H2,1-4H3. The third kappa shape index (κ3) is 2.25. The summed E-state index contributed by atoms with van der Waals surface area (Å²) in [5.74, 6) is 0.570. The molecule has 19 heavy (non-hydrogen) atoms. The number of aromatic amines is 1. The molecule has 1 heterocycles. The number of Topliss-reactive ketones (excluding diaryl/α,β-unsaturated/α-hetero) is 1. The van der Waals surface area contributed by atoms with Crippen molar-refractivity contribution in [2.75, 3.05) is 5.73 Å². The predicted octanol–water partition coefficient (Wildman–Crippen LogP) is 4.16. The van der Waals surface area contributed by atoms with Gasteiger partial charge < -0.3 is 10.7 Å². The van der Waals surface area contributed by atoms with Gasteiger partial charge in [-0.25, -0.2) is 0 Å². The van der Waals surface area contributed by atoms with Gasteiger partial charge in [0.25, 0.3) is 0 Å². The van der Waals surface area contributed by atoms with Gasteiger partial charge in [-0.3, -0.25) is 4.79 Å². The van der Waals surface area contributed by atoms with Crippen molar-refractivity contribution >= 4 is 22.4 Å². The highest BCUT2D eigenvalue weighted by Gasteiger charge is 2.18. The molecule has 0 saturated carbocycles. The van der Waals surface area contributed by atoms with Crippen molar-refractivity contribution in [1.82, 2.24) is 4.98 Å². The van der Waals surface area contributed by atoms with Crippen LogP contribution in [0.5, 0.6) is 0 Å². The van der Waals surface area contributed by atoms with E-state index in [0.29, 0.717) is 12.3 Å². The summed E-state index contributed by atoms with van der Waals surface area (Å²) < 4.78 is 0. The maximum Gasteiger partial charge on any atom is 0.179 e. The fourth-order valence-corrected chi connectivity index (χ4v) is 2.63. The molecule has 0 spiro atoms. The van der Waals surface area contributed by atoms with Gasteiger partial charge >= 0.3 is 0 Å². The number of nitrogens with two attached hydrogens (primary N) is 1. The number of rotatable bonds is 4. The smallest absolute Gasteiger partial charge is 0.179 e. The first kappa shape index (κ1) is 13.7. The third-order valence-corrected chi connectivity index (χ3v) is 3.65. The first-order valence-corrected chi connectivity index (χ1v) is 6.91. The van der Waals surface area contributed by atoms with Crippen LogP contribution in [-0.2, 0) is 0 Å². The molecule has 1 aromatic carbocycles. The van der Waals surface area contributed by atoms with Crippen LogP contribution in [-0.4, -0.2) is 10.8 Å². The quantitative estimate of drug-likeness (QED) is 0.639. The Kier molecular flexibility index (Phi) is 3.65. The second kappa shape index (κ2) is 5.08. The summed E-state index contributed by atoms with van der Waals surface area (Å²) in [6, 6.07) is 3.99. The first-order valence-electron chi connectivity index (χ1n) is 6.91. The Morgan fingerprint density at radius 3 is 2.63 bits per heavy atom. The van der Waals surface area contributed by atoms with Gasteiger partial charge in [0.05, 0.1) is 11.2 Å². The van der Waals surface area contributed by atoms with E-state index in [-0.39, 0.29) is 5.78 Å². The van der Waals surface area contributed by atoms with Crippen LogP contribution in [0.1, 0.15) is 61.1 Å². The lowest BCUT2D eigenvalue weighted by Crippen LogP contribution is -2.00. The molecular weight excluding hydrogens is 236 g/mol. The molecule has 0 atom stereocenters. The SMILES string of the molecule is CCCC(=O)c1[nH]c2c(C(C)C)ccc(N)c2c1C. The summed E-state index contributed by atoms with van der Waals surface area (Å²) >= 11 is 0. The van der Waals surface area contributed by atoms with Gasteiger partial charge in [0.15, 0.2) is 5.78 Å². The minimum absolute atomic E-state index is 0.172.